The first-order chi connectivity index (χ1) is 8.10. The summed E-state index contributed by atoms with van der Waals surface area (Å²) in [6, 6.07) is 0. The third-order valence-electron chi connectivity index (χ3n) is 2.66. The van der Waals surface area contributed by atoms with E-state index in [0.717, 1.165) is 23.5 Å². The molecule has 0 aromatic carbocycles. The van der Waals surface area contributed by atoms with Gasteiger partial charge in [0.15, 0.2) is 0 Å². The van der Waals surface area contributed by atoms with Gasteiger partial charge in [-0.15, -0.1) is 0 Å². The van der Waals surface area contributed by atoms with E-state index in [1.807, 2.05) is 18.5 Å². The van der Waals surface area contributed by atoms with E-state index >= 15 is 0 Å². The molecule has 0 saturated heterocycles. The minimum Gasteiger partial charge on any atom is -0.383 e. The van der Waals surface area contributed by atoms with Gasteiger partial charge >= 0.3 is 0 Å². The molecular weight excluding hydrogens is 218 g/mol. The molecule has 0 bridgehead atoms. The molecule has 0 aliphatic heterocycles. The monoisotopic (exact) mass is 237 g/mol. The Balaban J connectivity index is 2.74. The maximum atomic E-state index is 11.1. The Hall–Kier alpha value is -1.62. The van der Waals surface area contributed by atoms with Gasteiger partial charge in [0, 0.05) is 24.9 Å². The molecule has 94 valence electrons. The van der Waals surface area contributed by atoms with Crippen molar-refractivity contribution in [1.29, 1.82) is 0 Å². The molecule has 0 atom stereocenters. The fraction of sp³-hybridized carbons (Fsp3) is 0.500. The number of aryl methyl sites for hydroxylation is 1. The summed E-state index contributed by atoms with van der Waals surface area (Å²) in [4.78, 5) is 11.1. The fourth-order valence-corrected chi connectivity index (χ4v) is 1.63. The predicted molar refractivity (Wildman–Crippen MR) is 65.6 cm³/mol. The van der Waals surface area contributed by atoms with Crippen molar-refractivity contribution in [2.45, 2.75) is 26.9 Å². The second kappa shape index (κ2) is 6.20. The van der Waals surface area contributed by atoms with E-state index in [1.165, 1.54) is 6.08 Å². The Morgan fingerprint density at radius 1 is 1.59 bits per heavy atom. The van der Waals surface area contributed by atoms with E-state index in [2.05, 4.69) is 17.0 Å². The lowest BCUT2D eigenvalue weighted by Gasteiger charge is -2.05. The zero-order valence-electron chi connectivity index (χ0n) is 10.6. The second-order valence-electron chi connectivity index (χ2n) is 3.79. The van der Waals surface area contributed by atoms with Gasteiger partial charge in [0.1, 0.15) is 0 Å². The van der Waals surface area contributed by atoms with Crippen LogP contribution in [0, 0.1) is 13.8 Å². The first kappa shape index (κ1) is 13.4. The van der Waals surface area contributed by atoms with Gasteiger partial charge in [-0.2, -0.15) is 5.10 Å². The number of carbonyl (C=O) groups excluding carboxylic acids is 1. The third-order valence-corrected chi connectivity index (χ3v) is 2.66. The first-order valence-corrected chi connectivity index (χ1v) is 5.52. The molecule has 0 spiro atoms. The molecule has 1 rings (SSSR count). The van der Waals surface area contributed by atoms with Crippen LogP contribution < -0.4 is 5.32 Å². The number of carbonyl (C=O) groups is 1. The van der Waals surface area contributed by atoms with Crippen molar-refractivity contribution in [3.63, 3.8) is 0 Å². The first-order valence-electron chi connectivity index (χ1n) is 5.52. The predicted octanol–water partition coefficient (Wildman–Crippen LogP) is 0.949. The van der Waals surface area contributed by atoms with Gasteiger partial charge in [0.2, 0.25) is 5.91 Å². The Morgan fingerprint density at radius 3 is 2.88 bits per heavy atom. The van der Waals surface area contributed by atoms with Crippen molar-refractivity contribution in [3.8, 4) is 0 Å². The summed E-state index contributed by atoms with van der Waals surface area (Å²) in [5.41, 5.74) is 3.04. The Kier molecular flexibility index (Phi) is 4.90. The van der Waals surface area contributed by atoms with Crippen LogP contribution in [0.2, 0.25) is 0 Å². The van der Waals surface area contributed by atoms with Crippen LogP contribution in [0.1, 0.15) is 17.0 Å². The van der Waals surface area contributed by atoms with Gasteiger partial charge in [0.25, 0.3) is 0 Å². The number of rotatable bonds is 6. The Bertz CT molecular complexity index is 410. The van der Waals surface area contributed by atoms with E-state index < -0.39 is 0 Å². The number of aromatic nitrogens is 2. The summed E-state index contributed by atoms with van der Waals surface area (Å²) in [7, 11) is 1.66. The smallest absolute Gasteiger partial charge is 0.243 e. The number of ether oxygens (including phenoxy) is 1. The minimum absolute atomic E-state index is 0.173. The van der Waals surface area contributed by atoms with E-state index in [0.29, 0.717) is 13.2 Å². The van der Waals surface area contributed by atoms with E-state index in [-0.39, 0.29) is 5.91 Å². The van der Waals surface area contributed by atoms with Crippen LogP contribution in [-0.4, -0.2) is 29.4 Å². The van der Waals surface area contributed by atoms with Gasteiger partial charge in [0.05, 0.1) is 18.8 Å². The molecule has 0 aliphatic rings. The molecule has 5 heteroatoms. The topological polar surface area (TPSA) is 56.2 Å². The minimum atomic E-state index is -0.173. The van der Waals surface area contributed by atoms with Gasteiger partial charge in [-0.3, -0.25) is 9.48 Å². The molecule has 0 saturated carbocycles. The van der Waals surface area contributed by atoms with Crippen molar-refractivity contribution in [3.05, 3.63) is 29.6 Å². The Labute approximate surface area is 101 Å². The summed E-state index contributed by atoms with van der Waals surface area (Å²) in [5, 5.41) is 7.17. The lowest BCUT2D eigenvalue weighted by Crippen LogP contribution is -2.20. The van der Waals surface area contributed by atoms with Crippen LogP contribution in [0.3, 0.4) is 0 Å². The summed E-state index contributed by atoms with van der Waals surface area (Å²) < 4.78 is 6.92. The summed E-state index contributed by atoms with van der Waals surface area (Å²) in [6.45, 7) is 9.17. The highest BCUT2D eigenvalue weighted by molar-refractivity contribution is 5.86. The maximum Gasteiger partial charge on any atom is 0.243 e. The molecule has 0 radical (unpaired) electrons. The number of nitrogens with one attached hydrogen (secondary N) is 1. The van der Waals surface area contributed by atoms with Crippen LogP contribution >= 0.6 is 0 Å². The molecule has 1 aromatic rings. The van der Waals surface area contributed by atoms with Crippen molar-refractivity contribution in [1.82, 2.24) is 15.1 Å². The zero-order chi connectivity index (χ0) is 12.8. The Morgan fingerprint density at radius 2 is 2.29 bits per heavy atom. The highest BCUT2D eigenvalue weighted by atomic mass is 16.5. The van der Waals surface area contributed by atoms with Crippen molar-refractivity contribution < 1.29 is 9.53 Å². The zero-order valence-corrected chi connectivity index (χ0v) is 10.6. The number of hydrogen-bond acceptors (Lipinski definition) is 3. The van der Waals surface area contributed by atoms with Crippen LogP contribution in [0.25, 0.3) is 0 Å². The van der Waals surface area contributed by atoms with Crippen LogP contribution in [0.5, 0.6) is 0 Å². The van der Waals surface area contributed by atoms with E-state index in [1.54, 1.807) is 7.11 Å². The highest BCUT2D eigenvalue weighted by Crippen LogP contribution is 2.12. The maximum absolute atomic E-state index is 11.1. The highest BCUT2D eigenvalue weighted by Gasteiger charge is 2.11. The lowest BCUT2D eigenvalue weighted by atomic mass is 10.2. The molecule has 0 aliphatic carbocycles. The SMILES string of the molecule is C=CC(=O)NCc1c(C)nn(CCOC)c1C. The summed E-state index contributed by atoms with van der Waals surface area (Å²) >= 11 is 0. The van der Waals surface area contributed by atoms with Gasteiger partial charge < -0.3 is 10.1 Å². The summed E-state index contributed by atoms with van der Waals surface area (Å²) in [6.07, 6.45) is 1.26. The largest absolute Gasteiger partial charge is 0.383 e. The average molecular weight is 237 g/mol. The summed E-state index contributed by atoms with van der Waals surface area (Å²) in [5.74, 6) is -0.173. The molecule has 17 heavy (non-hydrogen) atoms. The number of amides is 1. The average Bonchev–Trinajstić information content (AvgIpc) is 2.59. The van der Waals surface area contributed by atoms with Gasteiger partial charge in [-0.1, -0.05) is 6.58 Å². The molecule has 0 unspecified atom stereocenters. The number of nitrogens with zero attached hydrogens (tertiary/aromatic N) is 2. The third kappa shape index (κ3) is 3.42. The standard InChI is InChI=1S/C12H19N3O2/c1-5-12(16)13-8-11-9(2)14-15(10(11)3)6-7-17-4/h5H,1,6-8H2,2-4H3,(H,13,16). The molecule has 1 N–H and O–H groups in total. The van der Waals surface area contributed by atoms with Gasteiger partial charge in [-0.05, 0) is 19.9 Å². The molecule has 1 aromatic heterocycles. The van der Waals surface area contributed by atoms with E-state index in [4.69, 9.17) is 4.74 Å². The quantitative estimate of drug-likeness (QED) is 0.749. The lowest BCUT2D eigenvalue weighted by molar-refractivity contribution is -0.116. The second-order valence-corrected chi connectivity index (χ2v) is 3.79. The molecule has 5 nitrogen and oxygen atoms in total. The number of methoxy groups -OCH3 is 1. The fourth-order valence-electron chi connectivity index (χ4n) is 1.63. The van der Waals surface area contributed by atoms with Crippen LogP contribution in [0.4, 0.5) is 0 Å². The van der Waals surface area contributed by atoms with Gasteiger partial charge in [-0.25, -0.2) is 0 Å². The molecular formula is C12H19N3O2. The van der Waals surface area contributed by atoms with Crippen molar-refractivity contribution >= 4 is 5.91 Å². The van der Waals surface area contributed by atoms with Crippen LogP contribution in [-0.2, 0) is 22.6 Å². The number of hydrogen-bond donors (Lipinski definition) is 1. The van der Waals surface area contributed by atoms with Crippen LogP contribution in [0.15, 0.2) is 12.7 Å². The normalized spacial score (nSPS) is 10.3. The molecule has 1 amide bonds. The van der Waals surface area contributed by atoms with Crippen molar-refractivity contribution in [2.75, 3.05) is 13.7 Å². The van der Waals surface area contributed by atoms with Crippen molar-refractivity contribution in [2.24, 2.45) is 0 Å². The molecule has 0 fully saturated rings. The molecule has 1 heterocycles. The van der Waals surface area contributed by atoms with E-state index in [9.17, 15) is 4.79 Å².